The molecule has 0 bridgehead atoms. The van der Waals surface area contributed by atoms with Gasteiger partial charge in [0.05, 0.1) is 5.92 Å². The third-order valence-electron chi connectivity index (χ3n) is 21.9. The summed E-state index contributed by atoms with van der Waals surface area (Å²) < 4.78 is 0. The summed E-state index contributed by atoms with van der Waals surface area (Å²) in [5.74, 6) is 3.28. The van der Waals surface area contributed by atoms with Crippen LogP contribution in [0, 0.1) is 82.1 Å². The van der Waals surface area contributed by atoms with E-state index in [-0.39, 0.29) is 11.6 Å². The van der Waals surface area contributed by atoms with Crippen molar-refractivity contribution in [3.63, 3.8) is 0 Å². The first kappa shape index (κ1) is 97.8. The SMILES string of the molecule is CC1C(=O)c2ccccc2C1=O.Cc1c(O)ccc2ccccc12.Cc1cc(O)cc2ccccc12.Cc1ccc(O)cc1.Cc1ccc2cc(O)ccc2c1.Cc1ccc2ccc(O)cc2c1.Cc1ccc2cccc(O)c2c1.Cc1ccc2ccccc2c1O.Cc1cccc(O)c1.Cc1cccc2ccc(O)cc12.Cc1cccc2cccc(O)c12.Cc1ccccc1O. The van der Waals surface area contributed by atoms with Crippen LogP contribution >= 0.6 is 0 Å². The van der Waals surface area contributed by atoms with Crippen LogP contribution < -0.4 is 0 Å². The minimum atomic E-state index is -0.470. The molecule has 0 saturated heterocycles. The average molecular weight is 1750 g/mol. The Morgan fingerprint density at radius 3 is 1.17 bits per heavy atom. The lowest BCUT2D eigenvalue weighted by Gasteiger charge is -2.02. The molecule has 1 aliphatic rings. The minimum absolute atomic E-state index is 0.0457. The normalized spacial score (nSPS) is 10.8. The molecular formula is C119H112O13. The quantitative estimate of drug-likeness (QED) is 0.0633. The summed E-state index contributed by atoms with van der Waals surface area (Å²) in [6.07, 6.45) is 0. The molecule has 20 aromatic carbocycles. The molecule has 13 heteroatoms. The van der Waals surface area contributed by atoms with Crippen molar-refractivity contribution in [2.45, 2.75) is 83.1 Å². The fraction of sp³-hybridized carbons (Fsp3) is 0.109. The maximum atomic E-state index is 11.4. The van der Waals surface area contributed by atoms with Gasteiger partial charge in [-0.2, -0.15) is 0 Å². The van der Waals surface area contributed by atoms with E-state index >= 15 is 0 Å². The zero-order chi connectivity index (χ0) is 95.1. The highest BCUT2D eigenvalue weighted by atomic mass is 16.3. The summed E-state index contributed by atoms with van der Waals surface area (Å²) in [6, 6.07) is 121. The Kier molecular flexibility index (Phi) is 35.1. The third-order valence-corrected chi connectivity index (χ3v) is 21.9. The maximum Gasteiger partial charge on any atom is 0.174 e. The van der Waals surface area contributed by atoms with E-state index < -0.39 is 5.92 Å². The Labute approximate surface area is 771 Å². The molecule has 0 unspecified atom stereocenters. The van der Waals surface area contributed by atoms with E-state index in [1.165, 1.54) is 54.7 Å². The van der Waals surface area contributed by atoms with Crippen molar-refractivity contribution in [1.29, 1.82) is 0 Å². The Hall–Kier alpha value is -16.4. The maximum absolute atomic E-state index is 11.4. The number of carbonyl (C=O) groups is 2. The largest absolute Gasteiger partial charge is 0.508 e. The lowest BCUT2D eigenvalue weighted by atomic mass is 10.1. The van der Waals surface area contributed by atoms with Gasteiger partial charge in [-0.3, -0.25) is 9.59 Å². The zero-order valence-corrected chi connectivity index (χ0v) is 76.3. The number of phenolic OH excluding ortho intramolecular Hbond substituents is 11. The highest BCUT2D eigenvalue weighted by molar-refractivity contribution is 6.26. The first-order valence-electron chi connectivity index (χ1n) is 43.2. The number of carbonyl (C=O) groups excluding carboxylic acids is 2. The third kappa shape index (κ3) is 28.1. The van der Waals surface area contributed by atoms with Gasteiger partial charge in [-0.25, -0.2) is 0 Å². The Morgan fingerprint density at radius 2 is 0.576 bits per heavy atom. The monoisotopic (exact) mass is 1750 g/mol. The van der Waals surface area contributed by atoms with Gasteiger partial charge in [0.1, 0.15) is 63.2 Å². The lowest BCUT2D eigenvalue weighted by molar-refractivity contribution is 0.0851. The number of aryl methyl sites for hydroxylation is 11. The Bertz CT molecular complexity index is 6900. The van der Waals surface area contributed by atoms with Gasteiger partial charge in [0.15, 0.2) is 11.6 Å². The number of phenols is 11. The van der Waals surface area contributed by atoms with Crippen molar-refractivity contribution < 1.29 is 65.8 Å². The van der Waals surface area contributed by atoms with E-state index in [0.29, 0.717) is 74.4 Å². The molecule has 132 heavy (non-hydrogen) atoms. The van der Waals surface area contributed by atoms with E-state index in [4.69, 9.17) is 15.3 Å². The van der Waals surface area contributed by atoms with Crippen LogP contribution in [-0.2, 0) is 0 Å². The molecule has 21 rings (SSSR count). The zero-order valence-electron chi connectivity index (χ0n) is 76.3. The van der Waals surface area contributed by atoms with Gasteiger partial charge >= 0.3 is 0 Å². The molecule has 0 aliphatic heterocycles. The Balaban J connectivity index is 0.000000150. The molecule has 13 nitrogen and oxygen atoms in total. The van der Waals surface area contributed by atoms with Crippen LogP contribution in [0.15, 0.2) is 388 Å². The minimum Gasteiger partial charge on any atom is -0.508 e. The summed E-state index contributed by atoms with van der Waals surface area (Å²) >= 11 is 0. The number of aromatic hydroxyl groups is 11. The molecule has 20 aromatic rings. The Morgan fingerprint density at radius 1 is 0.189 bits per heavy atom. The molecule has 0 heterocycles. The predicted molar refractivity (Wildman–Crippen MR) is 546 cm³/mol. The average Bonchev–Trinajstić information content (AvgIpc) is 1.64. The van der Waals surface area contributed by atoms with E-state index in [9.17, 15) is 50.4 Å². The number of ketones is 2. The fourth-order valence-electron chi connectivity index (χ4n) is 14.5. The second-order valence-corrected chi connectivity index (χ2v) is 32.3. The molecule has 0 spiro atoms. The highest BCUT2D eigenvalue weighted by Gasteiger charge is 2.34. The van der Waals surface area contributed by atoms with Crippen LogP contribution in [0.4, 0.5) is 0 Å². The topological polar surface area (TPSA) is 257 Å². The molecule has 0 radical (unpaired) electrons. The fourth-order valence-corrected chi connectivity index (χ4v) is 14.5. The van der Waals surface area contributed by atoms with E-state index in [1.807, 2.05) is 306 Å². The molecule has 11 N–H and O–H groups in total. The molecule has 0 saturated carbocycles. The van der Waals surface area contributed by atoms with Crippen LogP contribution in [0.2, 0.25) is 0 Å². The van der Waals surface area contributed by atoms with Crippen LogP contribution in [0.3, 0.4) is 0 Å². The standard InChI is InChI=1S/8C11H10O.C10H8O2.3C7H8O/c1-8-4-2-5-9-6-3-7-10(12)11(8)9;1-8-2-3-10-7-11(12)5-4-9(10)6-8;1-8-2-3-9-4-5-11(12)7-10(9)6-8;1-8-5-6-9-3-2-4-11(12)10(9)7-8;1-8-3-2-4-9-5-6-10(12)7-11(8)9;1-8-6-10(12)7-9-4-2-3-5-11(8)9;1-8-10-5-3-2-4-9(10)6-7-11(8)12;1-8-6-7-9-4-2-3-5-10(9)11(8)12;1-6-9(11)7-4-2-3-5-8(7)10(6)12;1-6-2-4-7(8)5-3-6;1-6-3-2-4-7(8)5-6;1-6-4-2-3-5-7(6)8/h8*2-7,12H,1H3;2-6H,1H3;3*2-5,8H,1H3. The van der Waals surface area contributed by atoms with Gasteiger partial charge in [0, 0.05) is 27.3 Å². The molecule has 666 valence electrons. The molecule has 0 amide bonds. The van der Waals surface area contributed by atoms with Crippen molar-refractivity contribution in [1.82, 2.24) is 0 Å². The molecule has 0 aromatic heterocycles. The first-order chi connectivity index (χ1) is 63.3. The highest BCUT2D eigenvalue weighted by Crippen LogP contribution is 2.33. The van der Waals surface area contributed by atoms with Crippen molar-refractivity contribution in [3.8, 4) is 63.2 Å². The van der Waals surface area contributed by atoms with E-state index in [1.54, 1.807) is 128 Å². The number of para-hydroxylation sites is 1. The molecular weight excluding hydrogens is 1640 g/mol. The predicted octanol–water partition coefficient (Wildman–Crippen LogP) is 29.6. The van der Waals surface area contributed by atoms with E-state index in [2.05, 4.69) is 37.3 Å². The summed E-state index contributed by atoms with van der Waals surface area (Å²) in [6.45, 7) is 23.5. The van der Waals surface area contributed by atoms with Crippen molar-refractivity contribution in [2.24, 2.45) is 5.92 Å². The first-order valence-corrected chi connectivity index (χ1v) is 43.2. The summed E-state index contributed by atoms with van der Waals surface area (Å²) in [5, 5.41) is 119. The van der Waals surface area contributed by atoms with Gasteiger partial charge in [-0.05, 0) is 295 Å². The summed E-state index contributed by atoms with van der Waals surface area (Å²) in [5.41, 5.74) is 13.3. The van der Waals surface area contributed by atoms with Gasteiger partial charge in [-0.1, -0.05) is 307 Å². The number of Topliss-reactive ketones (excluding diaryl/α,β-unsaturated/α-hetero) is 2. The van der Waals surface area contributed by atoms with Crippen molar-refractivity contribution in [3.05, 3.63) is 461 Å². The van der Waals surface area contributed by atoms with Gasteiger partial charge in [-0.15, -0.1) is 0 Å². The van der Waals surface area contributed by atoms with Crippen molar-refractivity contribution >= 4 is 97.7 Å². The molecule has 0 fully saturated rings. The van der Waals surface area contributed by atoms with Crippen LogP contribution in [0.1, 0.15) is 88.8 Å². The molecule has 1 aliphatic carbocycles. The van der Waals surface area contributed by atoms with Gasteiger partial charge < -0.3 is 56.2 Å². The summed E-state index contributed by atoms with van der Waals surface area (Å²) in [7, 11) is 0. The molecule has 0 atom stereocenters. The smallest absolute Gasteiger partial charge is 0.174 e. The van der Waals surface area contributed by atoms with E-state index in [0.717, 1.165) is 92.6 Å². The lowest BCUT2D eigenvalue weighted by Crippen LogP contribution is -2.09. The number of hydrogen-bond donors (Lipinski definition) is 11. The second kappa shape index (κ2) is 47.4. The number of fused-ring (bicyclic) bond motifs is 9. The van der Waals surface area contributed by atoms with Crippen molar-refractivity contribution in [2.75, 3.05) is 0 Å². The van der Waals surface area contributed by atoms with Crippen LogP contribution in [0.25, 0.3) is 86.2 Å². The number of benzene rings is 20. The number of hydrogen-bond acceptors (Lipinski definition) is 13. The summed E-state index contributed by atoms with van der Waals surface area (Å²) in [4.78, 5) is 22.8. The van der Waals surface area contributed by atoms with Crippen LogP contribution in [-0.4, -0.2) is 67.7 Å². The second-order valence-electron chi connectivity index (χ2n) is 32.3. The van der Waals surface area contributed by atoms with Gasteiger partial charge in [0.2, 0.25) is 0 Å². The number of rotatable bonds is 0. The van der Waals surface area contributed by atoms with Gasteiger partial charge in [0.25, 0.3) is 0 Å². The van der Waals surface area contributed by atoms with Crippen LogP contribution in [0.5, 0.6) is 63.2 Å².